The Kier molecular flexibility index (Phi) is 54.5. The minimum Gasteiger partial charge on any atom is -0.550 e. The standard InChI is InChI=1S/4C2H4O2.4H3O4P.Zr/c4*1-2(3)4;4*1-5(2,3)4;/h4*1H3,(H,3,4);4*(H3,1,2,3,4);/q;;;;;;;;+4/p-4. The maximum absolute atomic E-state index is 8.89. The van der Waals surface area contributed by atoms with Gasteiger partial charge in [-0.05, 0) is 27.7 Å². The third-order valence-electron chi connectivity index (χ3n) is 0. The molecule has 37 heavy (non-hydrogen) atoms. The zero-order valence-corrected chi connectivity index (χ0v) is 24.6. The first-order chi connectivity index (χ1) is 14.9. The van der Waals surface area contributed by atoms with Crippen LogP contribution in [-0.4, -0.2) is 82.6 Å². The van der Waals surface area contributed by atoms with Gasteiger partial charge in [-0.1, -0.05) is 0 Å². The van der Waals surface area contributed by atoms with Crippen LogP contribution in [0.2, 0.25) is 0 Å². The van der Waals surface area contributed by atoms with E-state index in [0.717, 1.165) is 27.7 Å². The van der Waals surface area contributed by atoms with Crippen LogP contribution in [0.1, 0.15) is 27.7 Å². The van der Waals surface area contributed by atoms with Crippen molar-refractivity contribution < 1.29 is 143 Å². The second-order valence-corrected chi connectivity index (χ2v) is 8.13. The molecule has 0 aliphatic carbocycles. The van der Waals surface area contributed by atoms with Crippen molar-refractivity contribution in [1.29, 1.82) is 0 Å². The molecule has 0 aliphatic heterocycles. The summed E-state index contributed by atoms with van der Waals surface area (Å²) < 4.78 is 35.5. The van der Waals surface area contributed by atoms with Crippen LogP contribution >= 0.6 is 31.3 Å². The van der Waals surface area contributed by atoms with Crippen LogP contribution in [0.4, 0.5) is 0 Å². The molecule has 0 atom stereocenters. The van der Waals surface area contributed by atoms with Gasteiger partial charge in [0.05, 0.1) is 0 Å². The van der Waals surface area contributed by atoms with E-state index in [1.54, 1.807) is 0 Å². The maximum Gasteiger partial charge on any atom is 4.00 e. The second-order valence-electron chi connectivity index (χ2n) is 4.02. The number of aliphatic carboxylic acids is 4. The number of carbonyl (C=O) groups excluding carboxylic acids is 4. The van der Waals surface area contributed by atoms with E-state index in [1.165, 1.54) is 0 Å². The number of carbonyl (C=O) groups is 4. The van der Waals surface area contributed by atoms with Crippen LogP contribution in [0.25, 0.3) is 0 Å². The van der Waals surface area contributed by atoms with Gasteiger partial charge in [-0.3, -0.25) is 0 Å². The second kappa shape index (κ2) is 33.2. The molecule has 0 aliphatic rings. The quantitative estimate of drug-likeness (QED) is 0.103. The van der Waals surface area contributed by atoms with E-state index < -0.39 is 55.2 Å². The number of phosphoric acid groups is 4. The van der Waals surface area contributed by atoms with Gasteiger partial charge in [0.2, 0.25) is 0 Å². The smallest absolute Gasteiger partial charge is 0.550 e. The van der Waals surface area contributed by atoms with Crippen molar-refractivity contribution in [1.82, 2.24) is 0 Å². The van der Waals surface area contributed by atoms with Gasteiger partial charge in [0.1, 0.15) is 0 Å². The van der Waals surface area contributed by atoms with Crippen molar-refractivity contribution in [2.75, 3.05) is 0 Å². The maximum atomic E-state index is 8.89. The summed E-state index contributed by atoms with van der Waals surface area (Å²) in [5.74, 6) is -4.33. The van der Waals surface area contributed by atoms with Gasteiger partial charge in [-0.25, -0.2) is 18.3 Å². The molecule has 0 radical (unpaired) electrons. The molecular weight excluding hydrogens is 695 g/mol. The van der Waals surface area contributed by atoms with E-state index in [4.69, 9.17) is 117 Å². The van der Waals surface area contributed by atoms with Crippen molar-refractivity contribution in [3.63, 3.8) is 0 Å². The van der Waals surface area contributed by atoms with Crippen LogP contribution in [0.5, 0.6) is 0 Å². The average molecular weight is 719 g/mol. The average Bonchev–Trinajstić information content (AvgIpc) is 2.24. The van der Waals surface area contributed by atoms with Crippen LogP contribution in [-0.2, 0) is 63.6 Å². The Morgan fingerprint density at radius 3 is 0.378 bits per heavy atom. The summed E-state index contributed by atoms with van der Waals surface area (Å²) in [4.78, 5) is 122. The molecule has 0 aromatic heterocycles. The van der Waals surface area contributed by atoms with E-state index >= 15 is 0 Å². The molecule has 24 nitrogen and oxygen atoms in total. The van der Waals surface area contributed by atoms with Crippen molar-refractivity contribution in [3.8, 4) is 0 Å². The molecule has 0 aromatic carbocycles. The Labute approximate surface area is 225 Å². The molecule has 0 heterocycles. The molecule has 0 aromatic rings. The van der Waals surface area contributed by atoms with E-state index in [1.807, 2.05) is 0 Å². The Hall–Kier alpha value is -0.797. The molecule has 0 rings (SSSR count). The van der Waals surface area contributed by atoms with Gasteiger partial charge < -0.3 is 98.3 Å². The van der Waals surface area contributed by atoms with Crippen molar-refractivity contribution in [2.45, 2.75) is 27.7 Å². The number of rotatable bonds is 0. The molecule has 0 amide bonds. The normalized spacial score (nSPS) is 9.08. The summed E-state index contributed by atoms with van der Waals surface area (Å²) in [6, 6.07) is 0. The third-order valence-corrected chi connectivity index (χ3v) is 0. The van der Waals surface area contributed by atoms with Crippen molar-refractivity contribution in [3.05, 3.63) is 0 Å². The van der Waals surface area contributed by atoms with E-state index in [2.05, 4.69) is 0 Å². The topological polar surface area (TPSA) is 472 Å². The largest absolute Gasteiger partial charge is 4.00 e. The molecule has 224 valence electrons. The third kappa shape index (κ3) is 61100. The van der Waals surface area contributed by atoms with E-state index in [9.17, 15) is 0 Å². The number of hydrogen-bond acceptors (Lipinski definition) is 12. The first-order valence-electron chi connectivity index (χ1n) is 6.76. The molecule has 0 saturated heterocycles. The Bertz CT molecular complexity index is 578. The van der Waals surface area contributed by atoms with Gasteiger partial charge in [0.25, 0.3) is 0 Å². The van der Waals surface area contributed by atoms with E-state index in [-0.39, 0.29) is 26.2 Å². The first kappa shape index (κ1) is 60.6. The molecule has 0 bridgehead atoms. The fourth-order valence-electron chi connectivity index (χ4n) is 0. The summed E-state index contributed by atoms with van der Waals surface area (Å²) >= 11 is 0. The number of carboxylic acids is 4. The molecule has 12 N–H and O–H groups in total. The number of carboxylic acid groups (broad SMARTS) is 4. The first-order valence-corrected chi connectivity index (χ1v) is 13.0. The SMILES string of the molecule is CC(=O)[O-].CC(=O)[O-].CC(=O)[O-].CC(=O)[O-].O=P(O)(O)O.O=P(O)(O)O.O=P(O)(O)O.O=P(O)(O)O.[Zr+4]. The van der Waals surface area contributed by atoms with Crippen LogP contribution in [0.15, 0.2) is 0 Å². The summed E-state index contributed by atoms with van der Waals surface area (Å²) in [5, 5.41) is 35.6. The van der Waals surface area contributed by atoms with Gasteiger partial charge in [0, 0.05) is 23.9 Å². The monoisotopic (exact) mass is 718 g/mol. The molecule has 0 spiro atoms. The minimum absolute atomic E-state index is 0. The number of hydrogen-bond donors (Lipinski definition) is 12. The zero-order valence-electron chi connectivity index (χ0n) is 18.6. The summed E-state index contributed by atoms with van der Waals surface area (Å²) in [6.07, 6.45) is 0. The fraction of sp³-hybridized carbons (Fsp3) is 0.500. The Morgan fingerprint density at radius 2 is 0.378 bits per heavy atom. The minimum atomic E-state index is -4.64. The Balaban J connectivity index is -0.0000000345. The fourth-order valence-corrected chi connectivity index (χ4v) is 0. The van der Waals surface area contributed by atoms with Gasteiger partial charge in [-0.2, -0.15) is 0 Å². The summed E-state index contributed by atoms with van der Waals surface area (Å²) in [6.45, 7) is 3.89. The van der Waals surface area contributed by atoms with Crippen molar-refractivity contribution in [2.24, 2.45) is 0 Å². The Morgan fingerprint density at radius 1 is 0.378 bits per heavy atom. The molecule has 0 saturated carbocycles. The zero-order chi connectivity index (χ0) is 32.3. The van der Waals surface area contributed by atoms with E-state index in [0.29, 0.717) is 0 Å². The molecular formula is C8H24O24P4Zr. The van der Waals surface area contributed by atoms with Crippen LogP contribution in [0, 0.1) is 0 Å². The van der Waals surface area contributed by atoms with Crippen molar-refractivity contribution >= 4 is 55.2 Å². The van der Waals surface area contributed by atoms with Gasteiger partial charge >= 0.3 is 57.5 Å². The van der Waals surface area contributed by atoms with Gasteiger partial charge in [0.15, 0.2) is 0 Å². The molecule has 0 fully saturated rings. The van der Waals surface area contributed by atoms with Crippen LogP contribution < -0.4 is 20.4 Å². The van der Waals surface area contributed by atoms with Gasteiger partial charge in [-0.15, -0.1) is 0 Å². The van der Waals surface area contributed by atoms with Crippen LogP contribution in [0.3, 0.4) is 0 Å². The molecule has 29 heteroatoms. The predicted molar refractivity (Wildman–Crippen MR) is 99.8 cm³/mol. The molecule has 0 unspecified atom stereocenters. The summed E-state index contributed by atoms with van der Waals surface area (Å²) in [5.41, 5.74) is 0. The predicted octanol–water partition coefficient (Wildman–Crippen LogP) is -8.69. The summed E-state index contributed by atoms with van der Waals surface area (Å²) in [7, 11) is -18.6.